The number of benzene rings is 1. The molecule has 2 aliphatic rings. The summed E-state index contributed by atoms with van der Waals surface area (Å²) in [6, 6.07) is 8.10. The number of fused-ring (bicyclic) bond motifs is 1. The lowest BCUT2D eigenvalue weighted by Crippen LogP contribution is -2.37. The van der Waals surface area contributed by atoms with E-state index in [-0.39, 0.29) is 28.7 Å². The Bertz CT molecular complexity index is 788. The number of amides is 1. The van der Waals surface area contributed by atoms with Gasteiger partial charge in [-0.2, -0.15) is 4.99 Å². The van der Waals surface area contributed by atoms with Crippen molar-refractivity contribution in [3.63, 3.8) is 0 Å². The largest absolute Gasteiger partial charge is 0.316 e. The number of rotatable bonds is 6. The van der Waals surface area contributed by atoms with Gasteiger partial charge in [-0.05, 0) is 37.0 Å². The summed E-state index contributed by atoms with van der Waals surface area (Å²) in [7, 11) is -3.03. The van der Waals surface area contributed by atoms with Crippen LogP contribution in [0.2, 0.25) is 0 Å². The lowest BCUT2D eigenvalue weighted by molar-refractivity contribution is -0.117. The highest BCUT2D eigenvalue weighted by Crippen LogP contribution is 2.41. The number of thioether (sulfide) groups is 1. The van der Waals surface area contributed by atoms with Crippen molar-refractivity contribution in [3.8, 4) is 0 Å². The van der Waals surface area contributed by atoms with Crippen molar-refractivity contribution in [2.24, 2.45) is 4.99 Å². The van der Waals surface area contributed by atoms with E-state index >= 15 is 0 Å². The topological polar surface area (TPSA) is 66.8 Å². The normalized spacial score (nSPS) is 25.6. The Hall–Kier alpha value is -1.34. The standard InChI is InChI=1S/C19H26N2O3S2/c1-3-5-7-14-8-10-15(11-9-14)21-16-12-26(23,24)13-17(16)25-19(21)20-18(22)6-4-2/h8-11,16-17H,3-7,12-13H2,1-2H3/t16-,17-/m0/s1. The summed E-state index contributed by atoms with van der Waals surface area (Å²) in [4.78, 5) is 18.3. The second kappa shape index (κ2) is 8.13. The first-order chi connectivity index (χ1) is 12.4. The van der Waals surface area contributed by atoms with Crippen molar-refractivity contribution in [1.82, 2.24) is 0 Å². The summed E-state index contributed by atoms with van der Waals surface area (Å²) in [5.74, 6) is 0.153. The van der Waals surface area contributed by atoms with Crippen LogP contribution in [-0.4, -0.2) is 42.3 Å². The Morgan fingerprint density at radius 2 is 1.92 bits per heavy atom. The number of carbonyl (C=O) groups excluding carboxylic acids is 1. The average molecular weight is 395 g/mol. The number of nitrogens with zero attached hydrogens (tertiary/aromatic N) is 2. The molecule has 2 saturated heterocycles. The molecule has 0 spiro atoms. The molecule has 0 radical (unpaired) electrons. The second-order valence-corrected chi connectivity index (χ2v) is 10.3. The number of hydrogen-bond donors (Lipinski definition) is 0. The maximum absolute atomic E-state index is 12.1. The first-order valence-electron chi connectivity index (χ1n) is 9.30. The van der Waals surface area contributed by atoms with E-state index in [1.54, 1.807) is 0 Å². The maximum atomic E-state index is 12.1. The average Bonchev–Trinajstić information content (AvgIpc) is 3.04. The van der Waals surface area contributed by atoms with Crippen molar-refractivity contribution in [3.05, 3.63) is 29.8 Å². The zero-order valence-corrected chi connectivity index (χ0v) is 17.0. The summed E-state index contributed by atoms with van der Waals surface area (Å²) >= 11 is 1.43. The molecule has 26 heavy (non-hydrogen) atoms. The van der Waals surface area contributed by atoms with Crippen molar-refractivity contribution in [2.75, 3.05) is 16.4 Å². The highest BCUT2D eigenvalue weighted by atomic mass is 32.2. The monoisotopic (exact) mass is 394 g/mol. The van der Waals surface area contributed by atoms with E-state index in [0.717, 1.165) is 31.4 Å². The number of aryl methyl sites for hydroxylation is 1. The van der Waals surface area contributed by atoms with Crippen LogP contribution in [0.15, 0.2) is 29.3 Å². The summed E-state index contributed by atoms with van der Waals surface area (Å²) in [6.45, 7) is 4.13. The lowest BCUT2D eigenvalue weighted by atomic mass is 10.1. The highest BCUT2D eigenvalue weighted by molar-refractivity contribution is 8.16. The smallest absolute Gasteiger partial charge is 0.248 e. The molecule has 0 saturated carbocycles. The van der Waals surface area contributed by atoms with Crippen LogP contribution in [0.4, 0.5) is 5.69 Å². The Labute approximate surface area is 160 Å². The summed E-state index contributed by atoms with van der Waals surface area (Å²) in [5.41, 5.74) is 2.20. The minimum atomic E-state index is -3.03. The van der Waals surface area contributed by atoms with Crippen molar-refractivity contribution in [1.29, 1.82) is 0 Å². The van der Waals surface area contributed by atoms with Gasteiger partial charge < -0.3 is 4.90 Å². The zero-order valence-electron chi connectivity index (χ0n) is 15.3. The SMILES string of the molecule is CCCCc1ccc(N2C(=NC(=O)CCC)S[C@H]3CS(=O)(=O)C[C@@H]32)cc1. The predicted octanol–water partition coefficient (Wildman–Crippen LogP) is 3.43. The van der Waals surface area contributed by atoms with Crippen molar-refractivity contribution >= 4 is 38.4 Å². The quantitative estimate of drug-likeness (QED) is 0.739. The fourth-order valence-corrected chi connectivity index (χ4v) is 7.38. The zero-order chi connectivity index (χ0) is 18.7. The van der Waals surface area contributed by atoms with Crippen molar-refractivity contribution < 1.29 is 13.2 Å². The Morgan fingerprint density at radius 3 is 2.58 bits per heavy atom. The van der Waals surface area contributed by atoms with E-state index in [4.69, 9.17) is 0 Å². The van der Waals surface area contributed by atoms with Crippen LogP contribution in [0.25, 0.3) is 0 Å². The van der Waals surface area contributed by atoms with Gasteiger partial charge in [-0.1, -0.05) is 44.2 Å². The maximum Gasteiger partial charge on any atom is 0.248 e. The highest BCUT2D eigenvalue weighted by Gasteiger charge is 2.49. The van der Waals surface area contributed by atoms with Gasteiger partial charge in [0.15, 0.2) is 15.0 Å². The molecular formula is C19H26N2O3S2. The molecule has 2 aliphatic heterocycles. The summed E-state index contributed by atoms with van der Waals surface area (Å²) in [6.07, 6.45) is 4.53. The lowest BCUT2D eigenvalue weighted by Gasteiger charge is -2.24. The first kappa shape index (κ1) is 19.4. The Kier molecular flexibility index (Phi) is 6.07. The summed E-state index contributed by atoms with van der Waals surface area (Å²) < 4.78 is 24.2. The molecule has 0 N–H and O–H groups in total. The molecule has 0 aliphatic carbocycles. The van der Waals surface area contributed by atoms with Gasteiger partial charge in [0.2, 0.25) is 5.91 Å². The van der Waals surface area contributed by atoms with E-state index in [1.807, 2.05) is 24.0 Å². The van der Waals surface area contributed by atoms with E-state index in [1.165, 1.54) is 17.3 Å². The first-order valence-corrected chi connectivity index (χ1v) is 12.0. The van der Waals surface area contributed by atoms with Crippen LogP contribution in [0.3, 0.4) is 0 Å². The van der Waals surface area contributed by atoms with Crippen molar-refractivity contribution in [2.45, 2.75) is 57.2 Å². The molecule has 2 heterocycles. The van der Waals surface area contributed by atoms with Gasteiger partial charge >= 0.3 is 0 Å². The molecule has 0 unspecified atom stereocenters. The van der Waals surface area contributed by atoms with Gasteiger partial charge in [0, 0.05) is 17.4 Å². The van der Waals surface area contributed by atoms with E-state index in [9.17, 15) is 13.2 Å². The Morgan fingerprint density at radius 1 is 1.19 bits per heavy atom. The molecule has 1 aromatic carbocycles. The third-order valence-electron chi connectivity index (χ3n) is 4.78. The summed E-state index contributed by atoms with van der Waals surface area (Å²) in [5, 5.41) is 0.600. The number of sulfone groups is 1. The number of unbranched alkanes of at least 4 members (excludes halogenated alkanes) is 1. The van der Waals surface area contributed by atoms with Gasteiger partial charge in [0.25, 0.3) is 0 Å². The third kappa shape index (κ3) is 4.31. The number of hydrogen-bond acceptors (Lipinski definition) is 4. The fourth-order valence-electron chi connectivity index (χ4n) is 3.45. The van der Waals surface area contributed by atoms with Crippen LogP contribution >= 0.6 is 11.8 Å². The molecule has 3 rings (SSSR count). The second-order valence-electron chi connectivity index (χ2n) is 6.98. The third-order valence-corrected chi connectivity index (χ3v) is 7.99. The van der Waals surface area contributed by atoms with Gasteiger partial charge in [-0.15, -0.1) is 0 Å². The van der Waals surface area contributed by atoms with E-state index in [0.29, 0.717) is 11.6 Å². The van der Waals surface area contributed by atoms with Crippen LogP contribution in [0.5, 0.6) is 0 Å². The molecule has 2 fully saturated rings. The van der Waals surface area contributed by atoms with Crippen LogP contribution < -0.4 is 4.90 Å². The molecule has 1 aromatic rings. The molecule has 2 atom stereocenters. The van der Waals surface area contributed by atoms with Gasteiger partial charge in [-0.3, -0.25) is 4.79 Å². The van der Waals surface area contributed by atoms with E-state index in [2.05, 4.69) is 24.0 Å². The molecule has 7 heteroatoms. The number of aliphatic imine (C=N–C) groups is 1. The van der Waals surface area contributed by atoms with Crippen LogP contribution in [0, 0.1) is 0 Å². The molecular weight excluding hydrogens is 368 g/mol. The molecule has 0 aromatic heterocycles. The van der Waals surface area contributed by atoms with Gasteiger partial charge in [0.05, 0.1) is 17.5 Å². The molecule has 0 bridgehead atoms. The molecule has 1 amide bonds. The minimum absolute atomic E-state index is 0.0482. The van der Waals surface area contributed by atoms with Crippen LogP contribution in [-0.2, 0) is 21.1 Å². The molecule has 142 valence electrons. The van der Waals surface area contributed by atoms with Gasteiger partial charge in [0.1, 0.15) is 0 Å². The molecule has 5 nitrogen and oxygen atoms in total. The number of anilines is 1. The fraction of sp³-hybridized carbons (Fsp3) is 0.579. The van der Waals surface area contributed by atoms with Crippen LogP contribution in [0.1, 0.15) is 45.1 Å². The minimum Gasteiger partial charge on any atom is -0.316 e. The van der Waals surface area contributed by atoms with E-state index < -0.39 is 9.84 Å². The van der Waals surface area contributed by atoms with Gasteiger partial charge in [-0.25, -0.2) is 8.42 Å². The number of carbonyl (C=O) groups is 1. The number of amidine groups is 1. The Balaban J connectivity index is 1.89. The predicted molar refractivity (Wildman–Crippen MR) is 109 cm³/mol.